The van der Waals surface area contributed by atoms with Crippen LogP contribution in [0, 0.1) is 0 Å². The number of nitrogens with zero attached hydrogens (tertiary/aromatic N) is 2. The van der Waals surface area contributed by atoms with Crippen LogP contribution in [0.15, 0.2) is 61.2 Å². The summed E-state index contributed by atoms with van der Waals surface area (Å²) < 4.78 is 13.8. The lowest BCUT2D eigenvalue weighted by Crippen LogP contribution is -2.09. The Balaban J connectivity index is 1.52. The van der Waals surface area contributed by atoms with Crippen LogP contribution in [0.2, 0.25) is 0 Å². The molecule has 0 radical (unpaired) electrons. The van der Waals surface area contributed by atoms with Crippen molar-refractivity contribution in [3.8, 4) is 22.6 Å². The topological polar surface area (TPSA) is 36.3 Å². The van der Waals surface area contributed by atoms with Crippen molar-refractivity contribution in [3.05, 3.63) is 66.7 Å². The van der Waals surface area contributed by atoms with Crippen LogP contribution in [-0.4, -0.2) is 22.8 Å². The first-order valence-corrected chi connectivity index (χ1v) is 8.34. The van der Waals surface area contributed by atoms with Gasteiger partial charge in [-0.2, -0.15) is 0 Å². The Morgan fingerprint density at radius 1 is 1.17 bits per heavy atom. The van der Waals surface area contributed by atoms with Gasteiger partial charge in [0, 0.05) is 18.0 Å². The molecule has 122 valence electrons. The molecule has 1 aromatic heterocycles. The second-order valence-electron chi connectivity index (χ2n) is 5.92. The minimum absolute atomic E-state index is 0.614. The largest absolute Gasteiger partial charge is 0.493 e. The molecular weight excluding hydrogens is 300 g/mol. The first kappa shape index (κ1) is 14.8. The van der Waals surface area contributed by atoms with Gasteiger partial charge in [0.05, 0.1) is 19.5 Å². The Hall–Kier alpha value is -2.75. The van der Waals surface area contributed by atoms with Crippen molar-refractivity contribution in [2.24, 2.45) is 0 Å². The summed E-state index contributed by atoms with van der Waals surface area (Å²) >= 11 is 0. The number of hydrogen-bond donors (Lipinski definition) is 0. The van der Waals surface area contributed by atoms with E-state index in [1.54, 1.807) is 12.5 Å². The lowest BCUT2D eigenvalue weighted by atomic mass is 9.97. The number of benzene rings is 2. The predicted octanol–water partition coefficient (Wildman–Crippen LogP) is 3.95. The molecule has 0 saturated carbocycles. The summed E-state index contributed by atoms with van der Waals surface area (Å²) in [5.41, 5.74) is 3.58. The fourth-order valence-electron chi connectivity index (χ4n) is 3.06. The molecule has 0 unspecified atom stereocenters. The van der Waals surface area contributed by atoms with Gasteiger partial charge >= 0.3 is 0 Å². The van der Waals surface area contributed by atoms with Crippen molar-refractivity contribution in [1.82, 2.24) is 9.55 Å². The highest BCUT2D eigenvalue weighted by molar-refractivity contribution is 5.73. The maximum absolute atomic E-state index is 5.93. The molecule has 4 nitrogen and oxygen atoms in total. The molecule has 0 saturated heterocycles. The molecular formula is C20H20N2O2. The average molecular weight is 320 g/mol. The van der Waals surface area contributed by atoms with Gasteiger partial charge in [-0.1, -0.05) is 30.3 Å². The molecule has 1 aliphatic heterocycles. The Morgan fingerprint density at radius 3 is 3.04 bits per heavy atom. The van der Waals surface area contributed by atoms with Gasteiger partial charge in [-0.15, -0.1) is 0 Å². The number of fused-ring (bicyclic) bond motifs is 1. The van der Waals surface area contributed by atoms with Gasteiger partial charge in [0.2, 0.25) is 0 Å². The zero-order valence-electron chi connectivity index (χ0n) is 13.5. The van der Waals surface area contributed by atoms with Crippen LogP contribution in [0.4, 0.5) is 0 Å². The monoisotopic (exact) mass is 320 g/mol. The highest BCUT2D eigenvalue weighted by atomic mass is 16.5. The van der Waals surface area contributed by atoms with Crippen LogP contribution in [0.25, 0.3) is 11.1 Å². The van der Waals surface area contributed by atoms with E-state index >= 15 is 0 Å². The van der Waals surface area contributed by atoms with Crippen molar-refractivity contribution in [2.45, 2.75) is 19.4 Å². The molecule has 0 bridgehead atoms. The van der Waals surface area contributed by atoms with Gasteiger partial charge in [0.15, 0.2) is 0 Å². The highest BCUT2D eigenvalue weighted by Gasteiger charge is 2.15. The van der Waals surface area contributed by atoms with Crippen LogP contribution in [-0.2, 0) is 13.0 Å². The Kier molecular flexibility index (Phi) is 4.19. The summed E-state index contributed by atoms with van der Waals surface area (Å²) in [5, 5.41) is 0. The summed E-state index contributed by atoms with van der Waals surface area (Å²) in [4.78, 5) is 4.04. The van der Waals surface area contributed by atoms with Crippen molar-refractivity contribution in [1.29, 1.82) is 0 Å². The fourth-order valence-corrected chi connectivity index (χ4v) is 3.06. The Bertz CT molecular complexity index is 812. The maximum Gasteiger partial charge on any atom is 0.130 e. The summed E-state index contributed by atoms with van der Waals surface area (Å²) in [6.07, 6.45) is 7.69. The molecule has 4 heteroatoms. The van der Waals surface area contributed by atoms with E-state index in [1.165, 1.54) is 5.56 Å². The van der Waals surface area contributed by atoms with Crippen molar-refractivity contribution in [3.63, 3.8) is 0 Å². The molecule has 2 aromatic carbocycles. The lowest BCUT2D eigenvalue weighted by Gasteiger charge is -2.20. The third-order valence-electron chi connectivity index (χ3n) is 4.26. The third-order valence-corrected chi connectivity index (χ3v) is 4.26. The van der Waals surface area contributed by atoms with Gasteiger partial charge in [-0.05, 0) is 36.1 Å². The zero-order chi connectivity index (χ0) is 16.2. The zero-order valence-corrected chi connectivity index (χ0v) is 13.5. The minimum atomic E-state index is 0.614. The molecule has 0 aliphatic carbocycles. The smallest absolute Gasteiger partial charge is 0.130 e. The summed E-state index contributed by atoms with van der Waals surface area (Å²) in [7, 11) is 0. The number of imidazole rings is 1. The molecule has 2 heterocycles. The molecule has 4 rings (SSSR count). The normalized spacial score (nSPS) is 13.2. The molecule has 3 aromatic rings. The maximum atomic E-state index is 5.93. The van der Waals surface area contributed by atoms with E-state index in [0.717, 1.165) is 48.6 Å². The van der Waals surface area contributed by atoms with E-state index in [9.17, 15) is 0 Å². The standard InChI is InChI=1S/C20H20N2O2/c1-5-17(19-8-2-4-16-6-3-12-24-20(16)19)14-18(7-1)23-13-11-22-10-9-21-15-22/h1-2,4-5,7-10,14-15H,3,6,11-13H2. The molecule has 0 spiro atoms. The summed E-state index contributed by atoms with van der Waals surface area (Å²) in [6, 6.07) is 14.6. The van der Waals surface area contributed by atoms with E-state index in [4.69, 9.17) is 9.47 Å². The van der Waals surface area contributed by atoms with Crippen LogP contribution >= 0.6 is 0 Å². The van der Waals surface area contributed by atoms with Crippen LogP contribution in [0.1, 0.15) is 12.0 Å². The molecule has 0 amide bonds. The van der Waals surface area contributed by atoms with E-state index in [1.807, 2.05) is 22.9 Å². The average Bonchev–Trinajstić information content (AvgIpc) is 3.15. The van der Waals surface area contributed by atoms with Gasteiger partial charge in [0.1, 0.15) is 18.1 Å². The summed E-state index contributed by atoms with van der Waals surface area (Å²) in [6.45, 7) is 2.20. The van der Waals surface area contributed by atoms with E-state index in [-0.39, 0.29) is 0 Å². The van der Waals surface area contributed by atoms with Gasteiger partial charge < -0.3 is 14.0 Å². The van der Waals surface area contributed by atoms with Gasteiger partial charge in [-0.3, -0.25) is 0 Å². The van der Waals surface area contributed by atoms with E-state index < -0.39 is 0 Å². The molecule has 1 aliphatic rings. The Labute approximate surface area is 141 Å². The van der Waals surface area contributed by atoms with Crippen molar-refractivity contribution >= 4 is 0 Å². The predicted molar refractivity (Wildman–Crippen MR) is 93.4 cm³/mol. The minimum Gasteiger partial charge on any atom is -0.493 e. The third kappa shape index (κ3) is 3.13. The summed E-state index contributed by atoms with van der Waals surface area (Å²) in [5.74, 6) is 1.90. The van der Waals surface area contributed by atoms with E-state index in [0.29, 0.717) is 6.61 Å². The Morgan fingerprint density at radius 2 is 2.12 bits per heavy atom. The number of aryl methyl sites for hydroxylation is 1. The second kappa shape index (κ2) is 6.79. The number of rotatable bonds is 5. The van der Waals surface area contributed by atoms with Gasteiger partial charge in [0.25, 0.3) is 0 Å². The molecule has 0 N–H and O–H groups in total. The van der Waals surface area contributed by atoms with Gasteiger partial charge in [-0.25, -0.2) is 4.98 Å². The van der Waals surface area contributed by atoms with Crippen molar-refractivity contribution < 1.29 is 9.47 Å². The number of aromatic nitrogens is 2. The van der Waals surface area contributed by atoms with Crippen molar-refractivity contribution in [2.75, 3.05) is 13.2 Å². The van der Waals surface area contributed by atoms with Crippen LogP contribution in [0.3, 0.4) is 0 Å². The van der Waals surface area contributed by atoms with E-state index in [2.05, 4.69) is 35.3 Å². The molecule has 0 atom stereocenters. The molecule has 0 fully saturated rings. The first-order chi connectivity index (χ1) is 11.9. The fraction of sp³-hybridized carbons (Fsp3) is 0.250. The lowest BCUT2D eigenvalue weighted by molar-refractivity contribution is 0.289. The van der Waals surface area contributed by atoms with Crippen LogP contribution in [0.5, 0.6) is 11.5 Å². The number of para-hydroxylation sites is 1. The quantitative estimate of drug-likeness (QED) is 0.714. The van der Waals surface area contributed by atoms with Crippen LogP contribution < -0.4 is 9.47 Å². The second-order valence-corrected chi connectivity index (χ2v) is 5.92. The number of hydrogen-bond acceptors (Lipinski definition) is 3. The molecule has 24 heavy (non-hydrogen) atoms. The highest BCUT2D eigenvalue weighted by Crippen LogP contribution is 2.37. The SMILES string of the molecule is c1cc(OCCn2ccnc2)cc(-c2cccc3c2OCCC3)c1. The number of ether oxygens (including phenoxy) is 2. The first-order valence-electron chi connectivity index (χ1n) is 8.34.